The van der Waals surface area contributed by atoms with Crippen molar-refractivity contribution >= 4 is 22.5 Å². The van der Waals surface area contributed by atoms with Crippen LogP contribution >= 0.6 is 0 Å². The summed E-state index contributed by atoms with van der Waals surface area (Å²) in [5, 5.41) is 9.95. The van der Waals surface area contributed by atoms with Crippen molar-refractivity contribution in [2.24, 2.45) is 0 Å². The molecule has 0 radical (unpaired) electrons. The van der Waals surface area contributed by atoms with Crippen LogP contribution in [0.2, 0.25) is 0 Å². The molecule has 0 unspecified atom stereocenters. The fourth-order valence-electron chi connectivity index (χ4n) is 3.90. The van der Waals surface area contributed by atoms with Gasteiger partial charge in [0.05, 0.1) is 48.2 Å². The highest BCUT2D eigenvalue weighted by molar-refractivity contribution is 5.85. The summed E-state index contributed by atoms with van der Waals surface area (Å²) in [6, 6.07) is 12.5. The average molecular weight is 472 g/mol. The molecular formula is C23H19F3N4O4. The summed E-state index contributed by atoms with van der Waals surface area (Å²) in [5.74, 6) is 1.78. The highest BCUT2D eigenvalue weighted by atomic mass is 19.4. The Balaban J connectivity index is 1.56. The molecule has 0 fully saturated rings. The average Bonchev–Trinajstić information content (AvgIpc) is 3.25. The van der Waals surface area contributed by atoms with Gasteiger partial charge in [-0.3, -0.25) is 0 Å². The van der Waals surface area contributed by atoms with Crippen LogP contribution in [0.5, 0.6) is 17.2 Å². The van der Waals surface area contributed by atoms with Crippen LogP contribution in [0, 0.1) is 0 Å². The topological polar surface area (TPSA) is 92.7 Å². The van der Waals surface area contributed by atoms with Crippen LogP contribution in [0.15, 0.2) is 54.7 Å². The molecule has 0 saturated heterocycles. The first-order valence-corrected chi connectivity index (χ1v) is 10.3. The van der Waals surface area contributed by atoms with E-state index in [0.717, 1.165) is 0 Å². The number of aliphatic hydroxyl groups is 1. The van der Waals surface area contributed by atoms with Gasteiger partial charge >= 0.3 is 6.36 Å². The third-order valence-electron chi connectivity index (χ3n) is 5.40. The van der Waals surface area contributed by atoms with E-state index >= 15 is 0 Å². The molecule has 0 amide bonds. The van der Waals surface area contributed by atoms with Crippen molar-refractivity contribution in [2.75, 3.05) is 25.2 Å². The zero-order valence-electron chi connectivity index (χ0n) is 17.8. The van der Waals surface area contributed by atoms with Crippen LogP contribution in [0.25, 0.3) is 22.4 Å². The van der Waals surface area contributed by atoms with Gasteiger partial charge in [-0.25, -0.2) is 9.97 Å². The Morgan fingerprint density at radius 1 is 1.18 bits per heavy atom. The van der Waals surface area contributed by atoms with Gasteiger partial charge in [-0.15, -0.1) is 13.2 Å². The van der Waals surface area contributed by atoms with Crippen LogP contribution in [0.1, 0.15) is 0 Å². The van der Waals surface area contributed by atoms with Gasteiger partial charge in [0.1, 0.15) is 29.7 Å². The number of nitrogens with zero attached hydrogens (tertiary/aromatic N) is 3. The van der Waals surface area contributed by atoms with E-state index in [-0.39, 0.29) is 25.0 Å². The lowest BCUT2D eigenvalue weighted by Crippen LogP contribution is -2.43. The predicted octanol–water partition coefficient (Wildman–Crippen LogP) is 4.42. The number of aliphatic hydroxyl groups excluding tert-OH is 1. The largest absolute Gasteiger partial charge is 0.573 e. The number of hydrogen-bond acceptors (Lipinski definition) is 7. The summed E-state index contributed by atoms with van der Waals surface area (Å²) in [6.45, 7) is 0.0298. The molecule has 11 heteroatoms. The number of anilines is 2. The first-order chi connectivity index (χ1) is 16.4. The van der Waals surface area contributed by atoms with Gasteiger partial charge in [0.25, 0.3) is 0 Å². The molecule has 2 N–H and O–H groups in total. The zero-order chi connectivity index (χ0) is 23.9. The number of methoxy groups -OCH3 is 1. The zero-order valence-corrected chi connectivity index (χ0v) is 17.8. The molecule has 8 nitrogen and oxygen atoms in total. The normalized spacial score (nSPS) is 15.7. The number of H-pyrrole nitrogens is 1. The highest BCUT2D eigenvalue weighted by Crippen LogP contribution is 2.44. The van der Waals surface area contributed by atoms with Crippen LogP contribution < -0.4 is 19.1 Å². The standard InChI is InChI=1S/C23H19F3N4O4/c1-32-15-6-8-20(27-10-15)30-13(11-31)12-33-21-16(3-2-4-19(21)30)22-28-17-7-5-14(9-18(17)29-22)34-23(24,25)26/h2-10,13,31H,11-12H2,1H3,(H,28,29)/t13-/m0/s1. The van der Waals surface area contributed by atoms with Crippen LogP contribution in [0.4, 0.5) is 24.7 Å². The molecule has 1 atom stereocenters. The van der Waals surface area contributed by atoms with E-state index in [1.54, 1.807) is 37.6 Å². The Morgan fingerprint density at radius 2 is 2.00 bits per heavy atom. The molecule has 0 bridgehead atoms. The molecule has 0 saturated carbocycles. The van der Waals surface area contributed by atoms with E-state index in [2.05, 4.69) is 19.7 Å². The minimum absolute atomic E-state index is 0.163. The maximum absolute atomic E-state index is 12.6. The Morgan fingerprint density at radius 3 is 2.71 bits per heavy atom. The Hall–Kier alpha value is -3.99. The predicted molar refractivity (Wildman–Crippen MR) is 118 cm³/mol. The molecule has 4 aromatic rings. The molecule has 5 rings (SSSR count). The molecule has 0 aliphatic carbocycles. The van der Waals surface area contributed by atoms with Crippen molar-refractivity contribution in [3.05, 3.63) is 54.7 Å². The number of ether oxygens (including phenoxy) is 3. The number of hydrogen-bond donors (Lipinski definition) is 2. The van der Waals surface area contributed by atoms with Crippen molar-refractivity contribution < 1.29 is 32.5 Å². The highest BCUT2D eigenvalue weighted by Gasteiger charge is 2.32. The molecule has 1 aliphatic heterocycles. The van der Waals surface area contributed by atoms with Gasteiger partial charge in [-0.2, -0.15) is 0 Å². The van der Waals surface area contributed by atoms with Gasteiger partial charge < -0.3 is 29.2 Å². The molecule has 34 heavy (non-hydrogen) atoms. The number of aromatic amines is 1. The SMILES string of the molecule is COc1ccc(N2c3cccc(-c4nc5ccc(OC(F)(F)F)cc5[nH]4)c3OC[C@@H]2CO)nc1. The molecule has 3 heterocycles. The number of imidazole rings is 1. The Bertz CT molecular complexity index is 1320. The Labute approximate surface area is 191 Å². The molecule has 2 aromatic heterocycles. The summed E-state index contributed by atoms with van der Waals surface area (Å²) >= 11 is 0. The van der Waals surface area contributed by atoms with E-state index < -0.39 is 6.36 Å². The fourth-order valence-corrected chi connectivity index (χ4v) is 3.90. The van der Waals surface area contributed by atoms with E-state index in [0.29, 0.717) is 45.4 Å². The van der Waals surface area contributed by atoms with Crippen molar-refractivity contribution in [1.29, 1.82) is 0 Å². The van der Waals surface area contributed by atoms with Crippen molar-refractivity contribution in [3.63, 3.8) is 0 Å². The lowest BCUT2D eigenvalue weighted by atomic mass is 10.1. The quantitative estimate of drug-likeness (QED) is 0.444. The summed E-state index contributed by atoms with van der Waals surface area (Å²) < 4.78 is 52.9. The van der Waals surface area contributed by atoms with E-state index in [4.69, 9.17) is 9.47 Å². The third-order valence-corrected chi connectivity index (χ3v) is 5.40. The van der Waals surface area contributed by atoms with Crippen LogP contribution in [0.3, 0.4) is 0 Å². The van der Waals surface area contributed by atoms with E-state index in [9.17, 15) is 18.3 Å². The number of fused-ring (bicyclic) bond motifs is 2. The Kier molecular flexibility index (Phi) is 5.40. The summed E-state index contributed by atoms with van der Waals surface area (Å²) in [4.78, 5) is 13.9. The van der Waals surface area contributed by atoms with Crippen molar-refractivity contribution in [2.45, 2.75) is 12.4 Å². The number of benzene rings is 2. The summed E-state index contributed by atoms with van der Waals surface area (Å²) in [7, 11) is 1.55. The summed E-state index contributed by atoms with van der Waals surface area (Å²) in [6.07, 6.45) is -3.20. The molecule has 0 spiro atoms. The molecular weight excluding hydrogens is 453 g/mol. The lowest BCUT2D eigenvalue weighted by molar-refractivity contribution is -0.274. The second kappa shape index (κ2) is 8.41. The fraction of sp³-hybridized carbons (Fsp3) is 0.217. The first kappa shape index (κ1) is 21.8. The molecule has 1 aliphatic rings. The second-order valence-corrected chi connectivity index (χ2v) is 7.54. The van der Waals surface area contributed by atoms with Crippen LogP contribution in [-0.4, -0.2) is 52.8 Å². The van der Waals surface area contributed by atoms with Crippen molar-refractivity contribution in [3.8, 4) is 28.6 Å². The summed E-state index contributed by atoms with van der Waals surface area (Å²) in [5.41, 5.74) is 2.14. The van der Waals surface area contributed by atoms with Gasteiger partial charge in [0.2, 0.25) is 0 Å². The number of alkyl halides is 3. The van der Waals surface area contributed by atoms with Gasteiger partial charge in [0.15, 0.2) is 5.75 Å². The number of aromatic nitrogens is 3. The number of nitrogens with one attached hydrogen (secondary N) is 1. The van der Waals surface area contributed by atoms with Gasteiger partial charge in [-0.1, -0.05) is 6.07 Å². The van der Waals surface area contributed by atoms with E-state index in [1.165, 1.54) is 18.2 Å². The number of para-hydroxylation sites is 1. The number of rotatable bonds is 5. The monoisotopic (exact) mass is 472 g/mol. The minimum atomic E-state index is -4.79. The minimum Gasteiger partial charge on any atom is -0.495 e. The van der Waals surface area contributed by atoms with E-state index in [1.807, 2.05) is 11.0 Å². The van der Waals surface area contributed by atoms with Gasteiger partial charge in [0, 0.05) is 6.07 Å². The second-order valence-electron chi connectivity index (χ2n) is 7.54. The maximum Gasteiger partial charge on any atom is 0.573 e. The molecule has 176 valence electrons. The number of halogens is 3. The number of pyridine rings is 1. The maximum atomic E-state index is 12.6. The van der Waals surface area contributed by atoms with Gasteiger partial charge in [-0.05, 0) is 36.4 Å². The third kappa shape index (κ3) is 4.05. The molecule has 2 aromatic carbocycles. The lowest BCUT2D eigenvalue weighted by Gasteiger charge is -2.37. The van der Waals surface area contributed by atoms with Crippen LogP contribution in [-0.2, 0) is 0 Å². The first-order valence-electron chi connectivity index (χ1n) is 10.3. The van der Waals surface area contributed by atoms with Crippen molar-refractivity contribution in [1.82, 2.24) is 15.0 Å². The smallest absolute Gasteiger partial charge is 0.495 e.